The highest BCUT2D eigenvalue weighted by Crippen LogP contribution is 2.37. The molecule has 1 saturated carbocycles. The highest BCUT2D eigenvalue weighted by Gasteiger charge is 2.32. The normalized spacial score (nSPS) is 22.4. The fourth-order valence-corrected chi connectivity index (χ4v) is 2.73. The highest BCUT2D eigenvalue weighted by molar-refractivity contribution is 7.80. The average Bonchev–Trinajstić information content (AvgIpc) is 2.32. The summed E-state index contributed by atoms with van der Waals surface area (Å²) < 4.78 is 0. The number of nitrogens with zero attached hydrogens (tertiary/aromatic N) is 2. The first-order chi connectivity index (χ1) is 8.50. The van der Waals surface area contributed by atoms with E-state index in [-0.39, 0.29) is 5.41 Å². The maximum absolute atomic E-state index is 5.71. The van der Waals surface area contributed by atoms with E-state index < -0.39 is 0 Å². The zero-order valence-electron chi connectivity index (χ0n) is 10.9. The number of aromatic nitrogens is 2. The van der Waals surface area contributed by atoms with Crippen molar-refractivity contribution in [1.29, 1.82) is 0 Å². The second-order valence-corrected chi connectivity index (χ2v) is 6.03. The van der Waals surface area contributed by atoms with Gasteiger partial charge in [0.25, 0.3) is 0 Å². The van der Waals surface area contributed by atoms with Crippen LogP contribution in [-0.2, 0) is 0 Å². The highest BCUT2D eigenvalue weighted by atomic mass is 32.1. The van der Waals surface area contributed by atoms with Crippen molar-refractivity contribution in [3.63, 3.8) is 0 Å². The maximum Gasteiger partial charge on any atom is 0.159 e. The molecule has 1 atom stereocenters. The second-order valence-electron chi connectivity index (χ2n) is 5.59. The number of nitrogens with one attached hydrogen (secondary N) is 1. The van der Waals surface area contributed by atoms with Crippen molar-refractivity contribution in [2.75, 3.05) is 5.32 Å². The summed E-state index contributed by atoms with van der Waals surface area (Å²) in [6, 6.07) is 2.21. The maximum atomic E-state index is 5.71. The van der Waals surface area contributed by atoms with Gasteiger partial charge in [-0.1, -0.05) is 38.9 Å². The van der Waals surface area contributed by atoms with Crippen LogP contribution in [0.3, 0.4) is 0 Å². The van der Waals surface area contributed by atoms with Crippen LogP contribution in [0.4, 0.5) is 5.82 Å². The third kappa shape index (κ3) is 2.77. The molecule has 1 unspecified atom stereocenters. The van der Waals surface area contributed by atoms with Gasteiger partial charge in [-0.05, 0) is 24.3 Å². The monoisotopic (exact) mass is 264 g/mol. The summed E-state index contributed by atoms with van der Waals surface area (Å²) in [5.41, 5.74) is 6.76. The van der Waals surface area contributed by atoms with Crippen molar-refractivity contribution >= 4 is 23.0 Å². The van der Waals surface area contributed by atoms with Gasteiger partial charge in [0.15, 0.2) is 5.82 Å². The third-order valence-electron chi connectivity index (χ3n) is 3.80. The van der Waals surface area contributed by atoms with Gasteiger partial charge >= 0.3 is 0 Å². The molecule has 0 spiro atoms. The van der Waals surface area contributed by atoms with Gasteiger partial charge < -0.3 is 11.1 Å². The van der Waals surface area contributed by atoms with Gasteiger partial charge in [-0.15, -0.1) is 5.10 Å². The minimum absolute atomic E-state index is 0.267. The lowest BCUT2D eigenvalue weighted by Crippen LogP contribution is -2.39. The Kier molecular flexibility index (Phi) is 3.80. The molecule has 5 heteroatoms. The molecule has 1 fully saturated rings. The molecular weight excluding hydrogens is 244 g/mol. The fourth-order valence-electron chi connectivity index (χ4n) is 2.56. The van der Waals surface area contributed by atoms with Crippen molar-refractivity contribution in [1.82, 2.24) is 10.2 Å². The van der Waals surface area contributed by atoms with Crippen LogP contribution in [0.25, 0.3) is 0 Å². The Hall–Kier alpha value is -1.23. The van der Waals surface area contributed by atoms with E-state index in [1.807, 2.05) is 6.07 Å². The first-order valence-corrected chi connectivity index (χ1v) is 6.79. The van der Waals surface area contributed by atoms with Crippen LogP contribution in [0.15, 0.2) is 12.3 Å². The SMILES string of the molecule is CC1(C)CCCCC1Nc1nnccc1C(N)=S. The van der Waals surface area contributed by atoms with E-state index in [2.05, 4.69) is 29.4 Å². The van der Waals surface area contributed by atoms with E-state index >= 15 is 0 Å². The first kappa shape index (κ1) is 13.2. The van der Waals surface area contributed by atoms with Crippen molar-refractivity contribution < 1.29 is 0 Å². The number of hydrogen-bond donors (Lipinski definition) is 2. The Labute approximate surface area is 113 Å². The summed E-state index contributed by atoms with van der Waals surface area (Å²) >= 11 is 5.04. The van der Waals surface area contributed by atoms with E-state index in [1.54, 1.807) is 6.20 Å². The molecule has 0 bridgehead atoms. The summed E-state index contributed by atoms with van der Waals surface area (Å²) in [4.78, 5) is 0.362. The second kappa shape index (κ2) is 5.18. The van der Waals surface area contributed by atoms with Crippen molar-refractivity contribution in [2.24, 2.45) is 11.1 Å². The van der Waals surface area contributed by atoms with E-state index in [1.165, 1.54) is 19.3 Å². The van der Waals surface area contributed by atoms with Gasteiger partial charge in [-0.25, -0.2) is 0 Å². The number of rotatable bonds is 3. The summed E-state index contributed by atoms with van der Waals surface area (Å²) in [7, 11) is 0. The van der Waals surface area contributed by atoms with Crippen LogP contribution in [0.5, 0.6) is 0 Å². The molecule has 0 amide bonds. The van der Waals surface area contributed by atoms with E-state index in [0.29, 0.717) is 16.8 Å². The number of anilines is 1. The van der Waals surface area contributed by atoms with Crippen LogP contribution in [0, 0.1) is 5.41 Å². The average molecular weight is 264 g/mol. The minimum Gasteiger partial charge on any atom is -0.389 e. The van der Waals surface area contributed by atoms with Crippen molar-refractivity contribution in [2.45, 2.75) is 45.6 Å². The number of hydrogen-bond acceptors (Lipinski definition) is 4. The quantitative estimate of drug-likeness (QED) is 0.821. The zero-order chi connectivity index (χ0) is 13.2. The molecular formula is C13H20N4S. The Morgan fingerprint density at radius 2 is 2.28 bits per heavy atom. The molecule has 4 nitrogen and oxygen atoms in total. The zero-order valence-corrected chi connectivity index (χ0v) is 11.8. The van der Waals surface area contributed by atoms with Crippen LogP contribution in [0.1, 0.15) is 45.1 Å². The standard InChI is InChI=1S/C13H20N4S/c1-13(2)7-4-3-5-10(13)16-12-9(11(14)18)6-8-15-17-12/h6,8,10H,3-5,7H2,1-2H3,(H2,14,18)(H,16,17). The predicted octanol–water partition coefficient (Wildman–Crippen LogP) is 2.49. The molecule has 1 aliphatic carbocycles. The Balaban J connectivity index is 2.21. The van der Waals surface area contributed by atoms with Crippen LogP contribution < -0.4 is 11.1 Å². The predicted molar refractivity (Wildman–Crippen MR) is 77.6 cm³/mol. The summed E-state index contributed by atoms with van der Waals surface area (Å²) in [6.07, 6.45) is 6.55. The first-order valence-electron chi connectivity index (χ1n) is 6.39. The molecule has 0 radical (unpaired) electrons. The lowest BCUT2D eigenvalue weighted by atomic mass is 9.73. The summed E-state index contributed by atoms with van der Waals surface area (Å²) in [5, 5.41) is 11.5. The summed E-state index contributed by atoms with van der Waals surface area (Å²) in [6.45, 7) is 4.58. The van der Waals surface area contributed by atoms with Gasteiger partial charge in [0.2, 0.25) is 0 Å². The lowest BCUT2D eigenvalue weighted by Gasteiger charge is -2.39. The van der Waals surface area contributed by atoms with Gasteiger partial charge in [0.1, 0.15) is 4.99 Å². The number of thiocarbonyl (C=S) groups is 1. The van der Waals surface area contributed by atoms with Crippen LogP contribution >= 0.6 is 12.2 Å². The van der Waals surface area contributed by atoms with Gasteiger partial charge in [0, 0.05) is 6.04 Å². The molecule has 2 rings (SSSR count). The molecule has 1 aromatic rings. The van der Waals surface area contributed by atoms with Crippen molar-refractivity contribution in [3.8, 4) is 0 Å². The van der Waals surface area contributed by atoms with E-state index in [4.69, 9.17) is 18.0 Å². The molecule has 0 aliphatic heterocycles. The molecule has 0 saturated heterocycles. The lowest BCUT2D eigenvalue weighted by molar-refractivity contribution is 0.216. The molecule has 1 aromatic heterocycles. The van der Waals surface area contributed by atoms with E-state index in [0.717, 1.165) is 12.0 Å². The largest absolute Gasteiger partial charge is 0.389 e. The Morgan fingerprint density at radius 3 is 2.94 bits per heavy atom. The topological polar surface area (TPSA) is 63.8 Å². The molecule has 18 heavy (non-hydrogen) atoms. The van der Waals surface area contributed by atoms with Crippen LogP contribution in [0.2, 0.25) is 0 Å². The van der Waals surface area contributed by atoms with E-state index in [9.17, 15) is 0 Å². The van der Waals surface area contributed by atoms with Gasteiger partial charge in [-0.3, -0.25) is 0 Å². The molecule has 0 aromatic carbocycles. The van der Waals surface area contributed by atoms with Crippen molar-refractivity contribution in [3.05, 3.63) is 17.8 Å². The fraction of sp³-hybridized carbons (Fsp3) is 0.615. The Morgan fingerprint density at radius 1 is 1.50 bits per heavy atom. The molecule has 1 heterocycles. The molecule has 1 aliphatic rings. The number of nitrogens with two attached hydrogens (primary N) is 1. The van der Waals surface area contributed by atoms with Gasteiger partial charge in [0.05, 0.1) is 11.8 Å². The molecule has 98 valence electrons. The van der Waals surface area contributed by atoms with Gasteiger partial charge in [-0.2, -0.15) is 5.10 Å². The minimum atomic E-state index is 0.267. The van der Waals surface area contributed by atoms with Crippen LogP contribution in [-0.4, -0.2) is 21.2 Å². The molecule has 3 N–H and O–H groups in total. The summed E-state index contributed by atoms with van der Waals surface area (Å²) in [5.74, 6) is 0.713. The smallest absolute Gasteiger partial charge is 0.159 e. The Bertz CT molecular complexity index is 444. The third-order valence-corrected chi connectivity index (χ3v) is 4.02.